The first-order chi connectivity index (χ1) is 23.9. The minimum atomic E-state index is 0.0395. The molecule has 0 bridgehead atoms. The summed E-state index contributed by atoms with van der Waals surface area (Å²) in [6.45, 7) is 20.5. The Morgan fingerprint density at radius 2 is 1.68 bits per heavy atom. The van der Waals surface area contributed by atoms with Gasteiger partial charge in [-0.05, 0) is 158 Å². The Labute approximate surface area is 304 Å². The summed E-state index contributed by atoms with van der Waals surface area (Å²) in [7, 11) is 1.71. The maximum Gasteiger partial charge on any atom is 0.159 e. The van der Waals surface area contributed by atoms with Gasteiger partial charge in [0.25, 0.3) is 0 Å². The molecule has 0 aromatic heterocycles. The Morgan fingerprint density at radius 3 is 2.36 bits per heavy atom. The van der Waals surface area contributed by atoms with Gasteiger partial charge >= 0.3 is 0 Å². The zero-order valence-corrected chi connectivity index (χ0v) is 32.5. The van der Waals surface area contributed by atoms with E-state index in [4.69, 9.17) is 4.74 Å². The van der Waals surface area contributed by atoms with Crippen molar-refractivity contribution in [3.05, 3.63) is 53.6 Å². The van der Waals surface area contributed by atoms with Gasteiger partial charge in [0.05, 0.1) is 7.11 Å². The zero-order valence-electron chi connectivity index (χ0n) is 32.5. The fraction of sp³-hybridized carbons (Fsp3) is 0.739. The molecule has 0 saturated heterocycles. The molecule has 0 amide bonds. The van der Waals surface area contributed by atoms with Crippen molar-refractivity contribution >= 4 is 11.6 Å². The minimum Gasteiger partial charge on any atom is -0.497 e. The second kappa shape index (κ2) is 13.7. The molecule has 5 saturated carbocycles. The number of Topliss-reactive ketones (excluding diaryl/α,β-unsaturated/α-hetero) is 2. The van der Waals surface area contributed by atoms with Crippen LogP contribution in [0.3, 0.4) is 0 Å². The van der Waals surface area contributed by atoms with Gasteiger partial charge in [0.1, 0.15) is 11.5 Å². The van der Waals surface area contributed by atoms with Gasteiger partial charge in [-0.3, -0.25) is 9.59 Å². The Balaban J connectivity index is 1.06. The van der Waals surface area contributed by atoms with Crippen LogP contribution >= 0.6 is 0 Å². The third-order valence-corrected chi connectivity index (χ3v) is 16.8. The lowest BCUT2D eigenvalue weighted by atomic mass is 9.37. The van der Waals surface area contributed by atoms with Crippen LogP contribution < -0.4 is 10.1 Å². The average Bonchev–Trinajstić information content (AvgIpc) is 3.40. The number of methoxy groups -OCH3 is 1. The lowest BCUT2D eigenvalue weighted by Gasteiger charge is -2.67. The number of nitrogens with one attached hydrogen (secondary N) is 1. The van der Waals surface area contributed by atoms with Gasteiger partial charge in [-0.25, -0.2) is 0 Å². The third-order valence-electron chi connectivity index (χ3n) is 16.8. The molecular formula is C46H67NO3. The van der Waals surface area contributed by atoms with E-state index in [-0.39, 0.29) is 11.3 Å². The van der Waals surface area contributed by atoms with Gasteiger partial charge in [0, 0.05) is 30.7 Å². The number of hydrogen-bond donors (Lipinski definition) is 1. The van der Waals surface area contributed by atoms with Crippen molar-refractivity contribution in [2.24, 2.45) is 75.4 Å². The molecule has 0 spiro atoms. The number of carbonyl (C=O) groups is 2. The highest BCUT2D eigenvalue weighted by Crippen LogP contribution is 2.72. The van der Waals surface area contributed by atoms with Crippen molar-refractivity contribution < 1.29 is 14.3 Å². The van der Waals surface area contributed by atoms with Crippen LogP contribution in [0.25, 0.3) is 0 Å². The molecule has 7 rings (SSSR count). The summed E-state index contributed by atoms with van der Waals surface area (Å²) >= 11 is 0. The molecule has 0 heterocycles. The summed E-state index contributed by atoms with van der Waals surface area (Å²) in [5.41, 5.74) is 4.83. The van der Waals surface area contributed by atoms with Crippen LogP contribution in [0.1, 0.15) is 124 Å². The molecule has 50 heavy (non-hydrogen) atoms. The van der Waals surface area contributed by atoms with E-state index < -0.39 is 0 Å². The first kappa shape index (κ1) is 36.2. The highest BCUT2D eigenvalue weighted by Gasteiger charge is 2.64. The van der Waals surface area contributed by atoms with Crippen molar-refractivity contribution in [2.75, 3.05) is 13.7 Å². The monoisotopic (exact) mass is 682 g/mol. The fourth-order valence-corrected chi connectivity index (χ4v) is 14.0. The normalized spacial score (nSPS) is 42.2. The number of carbonyl (C=O) groups excluding carboxylic acids is 2. The van der Waals surface area contributed by atoms with Gasteiger partial charge in [-0.15, -0.1) is 6.58 Å². The van der Waals surface area contributed by atoms with Gasteiger partial charge in [-0.2, -0.15) is 0 Å². The number of rotatable bonds is 11. The maximum absolute atomic E-state index is 13.9. The minimum absolute atomic E-state index is 0.0395. The van der Waals surface area contributed by atoms with E-state index in [2.05, 4.69) is 71.6 Å². The molecule has 12 atom stereocenters. The summed E-state index contributed by atoms with van der Waals surface area (Å²) in [5, 5.41) is 3.75. The molecule has 0 radical (unpaired) electrons. The van der Waals surface area contributed by atoms with Crippen molar-refractivity contribution in [3.63, 3.8) is 0 Å². The highest BCUT2D eigenvalue weighted by atomic mass is 16.5. The molecule has 4 heteroatoms. The molecule has 6 aliphatic carbocycles. The summed E-state index contributed by atoms with van der Waals surface area (Å²) in [4.78, 5) is 27.4. The van der Waals surface area contributed by atoms with E-state index in [1.54, 1.807) is 12.7 Å². The van der Waals surface area contributed by atoms with Crippen LogP contribution in [0.5, 0.6) is 5.75 Å². The molecule has 0 aliphatic heterocycles. The standard InChI is InChI=1S/C46H67NO3/c1-9-32-24-36(29(32)4)39(48)25-33-16-19-44(6)37(30(33)5)17-20-45(7)38-18-21-46(22-23-47-27-31-10-12-34(50-8)13-11-31)26-40(49)42(28(2)3)43(46)35(38)14-15-41(44)45/h9-13,28-30,32-33,35-38,41,47H,1,14-27H2,2-8H3. The predicted molar refractivity (Wildman–Crippen MR) is 204 cm³/mol. The number of ketones is 2. The summed E-state index contributed by atoms with van der Waals surface area (Å²) < 4.78 is 5.35. The zero-order chi connectivity index (χ0) is 35.6. The van der Waals surface area contributed by atoms with Crippen molar-refractivity contribution in [1.29, 1.82) is 0 Å². The summed E-state index contributed by atoms with van der Waals surface area (Å²) in [6.07, 6.45) is 15.8. The topological polar surface area (TPSA) is 55.4 Å². The second-order valence-electron chi connectivity index (χ2n) is 19.1. The largest absolute Gasteiger partial charge is 0.497 e. The van der Waals surface area contributed by atoms with Crippen molar-refractivity contribution in [2.45, 2.75) is 125 Å². The average molecular weight is 682 g/mol. The van der Waals surface area contributed by atoms with Gasteiger partial charge in [0.15, 0.2) is 5.78 Å². The van der Waals surface area contributed by atoms with Crippen molar-refractivity contribution in [3.8, 4) is 5.75 Å². The van der Waals surface area contributed by atoms with Crippen molar-refractivity contribution in [1.82, 2.24) is 5.32 Å². The Kier molecular flexibility index (Phi) is 9.88. The lowest BCUT2D eigenvalue weighted by Crippen LogP contribution is -2.60. The van der Waals surface area contributed by atoms with Crippen LogP contribution in [0, 0.1) is 75.4 Å². The number of allylic oxidation sites excluding steroid dienone is 3. The molecule has 5 fully saturated rings. The van der Waals surface area contributed by atoms with E-state index in [9.17, 15) is 9.59 Å². The molecule has 1 N–H and O–H groups in total. The molecule has 274 valence electrons. The van der Waals surface area contributed by atoms with Crippen LogP contribution in [-0.2, 0) is 16.1 Å². The first-order valence-electron chi connectivity index (χ1n) is 20.6. The van der Waals surface area contributed by atoms with Crippen LogP contribution in [-0.4, -0.2) is 25.2 Å². The van der Waals surface area contributed by atoms with Gasteiger partial charge in [0.2, 0.25) is 0 Å². The molecule has 12 unspecified atom stereocenters. The van der Waals surface area contributed by atoms with E-state index >= 15 is 0 Å². The number of hydrogen-bond acceptors (Lipinski definition) is 4. The SMILES string of the molecule is C=CC1CC(C(=O)CC2CCC3(C)C(CCC4(C)C5CCC6(CCNCc7ccc(OC)cc7)CC(=O)C(C(C)C)=C6C5CCC43)C2C)C1C. The third kappa shape index (κ3) is 5.81. The first-order valence-corrected chi connectivity index (χ1v) is 20.6. The molecular weight excluding hydrogens is 615 g/mol. The number of ether oxygens (including phenoxy) is 1. The second-order valence-corrected chi connectivity index (χ2v) is 19.1. The molecule has 1 aromatic carbocycles. The van der Waals surface area contributed by atoms with Gasteiger partial charge < -0.3 is 10.1 Å². The van der Waals surface area contributed by atoms with E-state index in [0.717, 1.165) is 56.4 Å². The smallest absolute Gasteiger partial charge is 0.159 e. The van der Waals surface area contributed by atoms with E-state index in [1.807, 2.05) is 12.1 Å². The quantitative estimate of drug-likeness (QED) is 0.187. The van der Waals surface area contributed by atoms with E-state index in [1.165, 1.54) is 62.5 Å². The van der Waals surface area contributed by atoms with Gasteiger partial charge in [-0.1, -0.05) is 65.3 Å². The maximum atomic E-state index is 13.9. The predicted octanol–water partition coefficient (Wildman–Crippen LogP) is 10.4. The Bertz CT molecular complexity index is 1490. The van der Waals surface area contributed by atoms with Crippen LogP contribution in [0.15, 0.2) is 48.1 Å². The Morgan fingerprint density at radius 1 is 0.980 bits per heavy atom. The summed E-state index contributed by atoms with van der Waals surface area (Å²) in [5.74, 6) is 7.33. The molecule has 4 nitrogen and oxygen atoms in total. The Hall–Kier alpha value is -2.20. The van der Waals surface area contributed by atoms with Crippen LogP contribution in [0.4, 0.5) is 0 Å². The number of fused-ring (bicyclic) bond motifs is 7. The number of benzene rings is 1. The van der Waals surface area contributed by atoms with E-state index in [0.29, 0.717) is 63.8 Å². The molecule has 1 aromatic rings. The van der Waals surface area contributed by atoms with Crippen LogP contribution in [0.2, 0.25) is 0 Å². The molecule has 6 aliphatic rings. The fourth-order valence-electron chi connectivity index (χ4n) is 14.0. The lowest BCUT2D eigenvalue weighted by molar-refractivity contribution is -0.172. The summed E-state index contributed by atoms with van der Waals surface area (Å²) in [6, 6.07) is 8.36. The highest BCUT2D eigenvalue weighted by molar-refractivity contribution is 6.00.